The Balaban J connectivity index is 3.28. The van der Waals surface area contributed by atoms with Gasteiger partial charge in [0.05, 0.1) is 0 Å². The molecular weight excluding hydrogens is 162 g/mol. The topological polar surface area (TPSA) is 52.0 Å². The van der Waals surface area contributed by atoms with Crippen molar-refractivity contribution >= 4 is 5.69 Å². The van der Waals surface area contributed by atoms with Crippen LogP contribution in [0.25, 0.3) is 0 Å². The summed E-state index contributed by atoms with van der Waals surface area (Å²) in [6, 6.07) is 1.72. The molecule has 0 aliphatic carbocycles. The van der Waals surface area contributed by atoms with Crippen LogP contribution in [0.3, 0.4) is 0 Å². The predicted molar refractivity (Wildman–Crippen MR) is 43.4 cm³/mol. The van der Waals surface area contributed by atoms with Gasteiger partial charge >= 0.3 is 0 Å². The fourth-order valence-corrected chi connectivity index (χ4v) is 0.963. The summed E-state index contributed by atoms with van der Waals surface area (Å²) in [5.74, 6) is -1.87. The number of nitrogen functional groups attached to an aromatic ring is 1. The minimum absolute atomic E-state index is 0.104. The van der Waals surface area contributed by atoms with E-state index in [0.29, 0.717) is 0 Å². The number of benzene rings is 1. The third-order valence-corrected chi connectivity index (χ3v) is 1.57. The normalized spacial score (nSPS) is 13.0. The van der Waals surface area contributed by atoms with E-state index in [0.717, 1.165) is 6.07 Å². The average Bonchev–Trinajstić information content (AvgIpc) is 1.96. The van der Waals surface area contributed by atoms with E-state index in [9.17, 15) is 8.78 Å². The summed E-state index contributed by atoms with van der Waals surface area (Å²) >= 11 is 0. The van der Waals surface area contributed by atoms with E-state index < -0.39 is 17.7 Å². The van der Waals surface area contributed by atoms with E-state index in [1.54, 1.807) is 6.92 Å². The lowest BCUT2D eigenvalue weighted by Gasteiger charge is -2.08. The highest BCUT2D eigenvalue weighted by molar-refractivity contribution is 5.43. The van der Waals surface area contributed by atoms with Gasteiger partial charge in [-0.1, -0.05) is 0 Å². The van der Waals surface area contributed by atoms with Crippen LogP contribution in [0.1, 0.15) is 18.5 Å². The maximum atomic E-state index is 12.9. The molecule has 0 amide bonds. The van der Waals surface area contributed by atoms with Gasteiger partial charge in [0.25, 0.3) is 0 Å². The summed E-state index contributed by atoms with van der Waals surface area (Å²) in [4.78, 5) is 0. The van der Waals surface area contributed by atoms with Crippen molar-refractivity contribution in [3.05, 3.63) is 29.3 Å². The van der Waals surface area contributed by atoms with E-state index in [4.69, 9.17) is 11.5 Å². The first-order chi connectivity index (χ1) is 5.52. The molecule has 4 N–H and O–H groups in total. The Labute approximate surface area is 69.2 Å². The molecule has 1 atom stereocenters. The molecule has 1 unspecified atom stereocenters. The monoisotopic (exact) mass is 172 g/mol. The van der Waals surface area contributed by atoms with Gasteiger partial charge in [-0.2, -0.15) is 0 Å². The van der Waals surface area contributed by atoms with Crippen LogP contribution in [-0.2, 0) is 0 Å². The van der Waals surface area contributed by atoms with E-state index >= 15 is 0 Å². The minimum atomic E-state index is -0.956. The maximum absolute atomic E-state index is 12.9. The standard InChI is InChI=1S/C8H10F2N2/c1-4(11)6-2-5(12)3-7(9)8(6)10/h2-4H,11-12H2,1H3. The number of rotatable bonds is 1. The van der Waals surface area contributed by atoms with Gasteiger partial charge in [-0.15, -0.1) is 0 Å². The molecule has 66 valence electrons. The summed E-state index contributed by atoms with van der Waals surface area (Å²) in [6.07, 6.45) is 0. The van der Waals surface area contributed by atoms with E-state index in [2.05, 4.69) is 0 Å². The largest absolute Gasteiger partial charge is 0.399 e. The molecule has 0 aliphatic rings. The number of anilines is 1. The second-order valence-corrected chi connectivity index (χ2v) is 2.69. The van der Waals surface area contributed by atoms with Gasteiger partial charge < -0.3 is 11.5 Å². The lowest BCUT2D eigenvalue weighted by atomic mass is 10.1. The average molecular weight is 172 g/mol. The molecular formula is C8H10F2N2. The SMILES string of the molecule is CC(N)c1cc(N)cc(F)c1F. The number of nitrogens with two attached hydrogens (primary N) is 2. The Morgan fingerprint density at radius 2 is 1.92 bits per heavy atom. The zero-order valence-electron chi connectivity index (χ0n) is 6.64. The van der Waals surface area contributed by atoms with Crippen molar-refractivity contribution in [1.82, 2.24) is 0 Å². The van der Waals surface area contributed by atoms with Gasteiger partial charge in [0.15, 0.2) is 11.6 Å². The fourth-order valence-electron chi connectivity index (χ4n) is 0.963. The Morgan fingerprint density at radius 3 is 2.42 bits per heavy atom. The highest BCUT2D eigenvalue weighted by Crippen LogP contribution is 2.20. The first-order valence-corrected chi connectivity index (χ1v) is 3.52. The van der Waals surface area contributed by atoms with Gasteiger partial charge in [-0.05, 0) is 19.1 Å². The molecule has 12 heavy (non-hydrogen) atoms. The summed E-state index contributed by atoms with van der Waals surface area (Å²) < 4.78 is 25.6. The molecule has 1 rings (SSSR count). The van der Waals surface area contributed by atoms with Crippen molar-refractivity contribution in [3.8, 4) is 0 Å². The molecule has 0 aliphatic heterocycles. The Morgan fingerprint density at radius 1 is 1.33 bits per heavy atom. The maximum Gasteiger partial charge on any atom is 0.163 e. The van der Waals surface area contributed by atoms with Crippen molar-refractivity contribution in [1.29, 1.82) is 0 Å². The fraction of sp³-hybridized carbons (Fsp3) is 0.250. The van der Waals surface area contributed by atoms with Crippen LogP contribution in [0.5, 0.6) is 0 Å². The first-order valence-electron chi connectivity index (χ1n) is 3.52. The lowest BCUT2D eigenvalue weighted by Crippen LogP contribution is -2.09. The summed E-state index contributed by atoms with van der Waals surface area (Å²) in [7, 11) is 0. The second-order valence-electron chi connectivity index (χ2n) is 2.69. The predicted octanol–water partition coefficient (Wildman–Crippen LogP) is 1.57. The van der Waals surface area contributed by atoms with Crippen molar-refractivity contribution < 1.29 is 8.78 Å². The van der Waals surface area contributed by atoms with Crippen LogP contribution in [-0.4, -0.2) is 0 Å². The number of hydrogen-bond donors (Lipinski definition) is 2. The molecule has 0 aromatic heterocycles. The molecule has 0 saturated carbocycles. The van der Waals surface area contributed by atoms with E-state index in [-0.39, 0.29) is 11.3 Å². The molecule has 0 radical (unpaired) electrons. The Bertz CT molecular complexity index is 297. The van der Waals surface area contributed by atoms with Crippen LogP contribution in [0.15, 0.2) is 12.1 Å². The zero-order chi connectivity index (χ0) is 9.30. The Hall–Kier alpha value is -1.16. The van der Waals surface area contributed by atoms with Crippen molar-refractivity contribution in [2.75, 3.05) is 5.73 Å². The Kier molecular flexibility index (Phi) is 2.28. The van der Waals surface area contributed by atoms with Crippen molar-refractivity contribution in [3.63, 3.8) is 0 Å². The van der Waals surface area contributed by atoms with Crippen LogP contribution in [0.4, 0.5) is 14.5 Å². The highest BCUT2D eigenvalue weighted by Gasteiger charge is 2.12. The summed E-state index contributed by atoms with van der Waals surface area (Å²) in [6.45, 7) is 1.57. The van der Waals surface area contributed by atoms with Crippen LogP contribution >= 0.6 is 0 Å². The molecule has 1 aromatic rings. The number of hydrogen-bond acceptors (Lipinski definition) is 2. The van der Waals surface area contributed by atoms with E-state index in [1.165, 1.54) is 6.07 Å². The van der Waals surface area contributed by atoms with Gasteiger partial charge in [0.1, 0.15) is 0 Å². The summed E-state index contributed by atoms with van der Waals surface area (Å²) in [5, 5.41) is 0. The third kappa shape index (κ3) is 1.53. The molecule has 1 aromatic carbocycles. The van der Waals surface area contributed by atoms with Gasteiger partial charge in [-0.3, -0.25) is 0 Å². The molecule has 4 heteroatoms. The smallest absolute Gasteiger partial charge is 0.163 e. The molecule has 0 heterocycles. The quantitative estimate of drug-likeness (QED) is 0.631. The second kappa shape index (κ2) is 3.06. The third-order valence-electron chi connectivity index (χ3n) is 1.57. The molecule has 0 saturated heterocycles. The first kappa shape index (κ1) is 8.93. The number of halogens is 2. The van der Waals surface area contributed by atoms with E-state index in [1.807, 2.05) is 0 Å². The van der Waals surface area contributed by atoms with Crippen molar-refractivity contribution in [2.45, 2.75) is 13.0 Å². The van der Waals surface area contributed by atoms with Gasteiger partial charge in [0.2, 0.25) is 0 Å². The molecule has 0 bridgehead atoms. The lowest BCUT2D eigenvalue weighted by molar-refractivity contribution is 0.493. The summed E-state index contributed by atoms with van der Waals surface area (Å²) in [5.41, 5.74) is 11.0. The van der Waals surface area contributed by atoms with Crippen LogP contribution in [0, 0.1) is 11.6 Å². The van der Waals surface area contributed by atoms with Crippen LogP contribution in [0.2, 0.25) is 0 Å². The molecule has 0 spiro atoms. The van der Waals surface area contributed by atoms with Gasteiger partial charge in [-0.25, -0.2) is 8.78 Å². The highest BCUT2D eigenvalue weighted by atomic mass is 19.2. The molecule has 0 fully saturated rings. The van der Waals surface area contributed by atoms with Crippen molar-refractivity contribution in [2.24, 2.45) is 5.73 Å². The van der Waals surface area contributed by atoms with Crippen LogP contribution < -0.4 is 11.5 Å². The molecule has 2 nitrogen and oxygen atoms in total. The zero-order valence-corrected chi connectivity index (χ0v) is 6.64. The minimum Gasteiger partial charge on any atom is -0.399 e. The van der Waals surface area contributed by atoms with Gasteiger partial charge in [0, 0.05) is 17.3 Å².